The Balaban J connectivity index is 1.75. The van der Waals surface area contributed by atoms with Crippen LogP contribution in [0.3, 0.4) is 0 Å². The standard InChI is InChI=1S/C14H11ClN4OS/c15-11-3-1-2-9(6-16)10(11)7-17-14(20)13-12(8-4-5-8)18-19-21-13/h1-3,8H,4-5,7H2,(H,17,20). The molecule has 21 heavy (non-hydrogen) atoms. The topological polar surface area (TPSA) is 78.7 Å². The number of carbonyl (C=O) groups excluding carboxylic acids is 1. The lowest BCUT2D eigenvalue weighted by Gasteiger charge is -2.08. The van der Waals surface area contributed by atoms with Gasteiger partial charge in [-0.2, -0.15) is 5.26 Å². The number of benzene rings is 1. The smallest absolute Gasteiger partial charge is 0.265 e. The molecule has 0 radical (unpaired) electrons. The average molecular weight is 319 g/mol. The number of nitriles is 1. The summed E-state index contributed by atoms with van der Waals surface area (Å²) >= 11 is 7.19. The molecule has 1 aromatic carbocycles. The van der Waals surface area contributed by atoms with Gasteiger partial charge in [-0.15, -0.1) is 5.10 Å². The zero-order valence-electron chi connectivity index (χ0n) is 11.0. The molecule has 106 valence electrons. The van der Waals surface area contributed by atoms with Crippen LogP contribution in [0.15, 0.2) is 18.2 Å². The summed E-state index contributed by atoms with van der Waals surface area (Å²) in [7, 11) is 0. The molecule has 1 aromatic heterocycles. The van der Waals surface area contributed by atoms with E-state index in [0.717, 1.165) is 30.1 Å². The van der Waals surface area contributed by atoms with Gasteiger partial charge in [0.2, 0.25) is 0 Å². The van der Waals surface area contributed by atoms with Gasteiger partial charge in [-0.3, -0.25) is 4.79 Å². The van der Waals surface area contributed by atoms with Crippen molar-refractivity contribution in [1.29, 1.82) is 5.26 Å². The Kier molecular flexibility index (Phi) is 3.86. The SMILES string of the molecule is N#Cc1cccc(Cl)c1CNC(=O)c1snnc1C1CC1. The van der Waals surface area contributed by atoms with Gasteiger partial charge in [0.25, 0.3) is 5.91 Å². The minimum atomic E-state index is -0.212. The first-order valence-electron chi connectivity index (χ1n) is 6.48. The van der Waals surface area contributed by atoms with E-state index in [0.29, 0.717) is 26.9 Å². The normalized spacial score (nSPS) is 13.7. The maximum atomic E-state index is 12.2. The second-order valence-corrected chi connectivity index (χ2v) is 5.98. The molecule has 1 aliphatic carbocycles. The Morgan fingerprint density at radius 1 is 1.52 bits per heavy atom. The van der Waals surface area contributed by atoms with Gasteiger partial charge in [0, 0.05) is 23.0 Å². The van der Waals surface area contributed by atoms with Crippen molar-refractivity contribution in [2.24, 2.45) is 0 Å². The third kappa shape index (κ3) is 2.89. The molecule has 0 bridgehead atoms. The van der Waals surface area contributed by atoms with Crippen LogP contribution < -0.4 is 5.32 Å². The molecule has 7 heteroatoms. The van der Waals surface area contributed by atoms with Crippen LogP contribution in [0.1, 0.15) is 45.3 Å². The molecule has 1 heterocycles. The average Bonchev–Trinajstić information content (AvgIpc) is 3.22. The van der Waals surface area contributed by atoms with Crippen LogP contribution in [0.5, 0.6) is 0 Å². The van der Waals surface area contributed by atoms with E-state index in [1.54, 1.807) is 18.2 Å². The highest BCUT2D eigenvalue weighted by atomic mass is 35.5. The van der Waals surface area contributed by atoms with Crippen LogP contribution in [0.25, 0.3) is 0 Å². The fraction of sp³-hybridized carbons (Fsp3) is 0.286. The van der Waals surface area contributed by atoms with Crippen LogP contribution in [0.4, 0.5) is 0 Å². The highest BCUT2D eigenvalue weighted by Crippen LogP contribution is 2.41. The van der Waals surface area contributed by atoms with Crippen LogP contribution in [-0.2, 0) is 6.54 Å². The van der Waals surface area contributed by atoms with Crippen molar-refractivity contribution < 1.29 is 4.79 Å². The van der Waals surface area contributed by atoms with Crippen LogP contribution >= 0.6 is 23.1 Å². The zero-order chi connectivity index (χ0) is 14.8. The lowest BCUT2D eigenvalue weighted by Crippen LogP contribution is -2.23. The molecular formula is C14H11ClN4OS. The number of aromatic nitrogens is 2. The van der Waals surface area contributed by atoms with Crippen molar-refractivity contribution in [3.63, 3.8) is 0 Å². The Bertz CT molecular complexity index is 733. The van der Waals surface area contributed by atoms with Crippen molar-refractivity contribution in [1.82, 2.24) is 14.9 Å². The summed E-state index contributed by atoms with van der Waals surface area (Å²) in [6.45, 7) is 0.212. The third-order valence-corrected chi connectivity index (χ3v) is 4.44. The Morgan fingerprint density at radius 2 is 2.33 bits per heavy atom. The summed E-state index contributed by atoms with van der Waals surface area (Å²) in [6.07, 6.45) is 2.13. The van der Waals surface area contributed by atoms with Crippen LogP contribution in [0.2, 0.25) is 5.02 Å². The summed E-state index contributed by atoms with van der Waals surface area (Å²) in [4.78, 5) is 12.8. The summed E-state index contributed by atoms with van der Waals surface area (Å²) in [6, 6.07) is 7.17. The van der Waals surface area contributed by atoms with E-state index in [2.05, 4.69) is 21.0 Å². The van der Waals surface area contributed by atoms with Crippen molar-refractivity contribution in [3.8, 4) is 6.07 Å². The van der Waals surface area contributed by atoms with E-state index < -0.39 is 0 Å². The highest BCUT2D eigenvalue weighted by molar-refractivity contribution is 7.08. The molecule has 2 aromatic rings. The minimum absolute atomic E-state index is 0.212. The Labute approximate surface area is 130 Å². The maximum Gasteiger partial charge on any atom is 0.265 e. The van der Waals surface area contributed by atoms with Gasteiger partial charge in [-0.25, -0.2) is 0 Å². The first-order chi connectivity index (χ1) is 10.2. The first kappa shape index (κ1) is 14.0. The second kappa shape index (κ2) is 5.80. The fourth-order valence-corrected chi connectivity index (χ4v) is 2.98. The van der Waals surface area contributed by atoms with Gasteiger partial charge in [0.15, 0.2) is 0 Å². The lowest BCUT2D eigenvalue weighted by molar-refractivity contribution is 0.0954. The van der Waals surface area contributed by atoms with E-state index in [4.69, 9.17) is 16.9 Å². The first-order valence-corrected chi connectivity index (χ1v) is 7.63. The van der Waals surface area contributed by atoms with E-state index in [1.165, 1.54) is 0 Å². The lowest BCUT2D eigenvalue weighted by atomic mass is 10.1. The molecule has 0 aliphatic heterocycles. The molecule has 1 saturated carbocycles. The van der Waals surface area contributed by atoms with Crippen molar-refractivity contribution in [2.75, 3.05) is 0 Å². The highest BCUT2D eigenvalue weighted by Gasteiger charge is 2.31. The number of rotatable bonds is 4. The summed E-state index contributed by atoms with van der Waals surface area (Å²) < 4.78 is 3.86. The molecule has 1 fully saturated rings. The largest absolute Gasteiger partial charge is 0.347 e. The van der Waals surface area contributed by atoms with Gasteiger partial charge < -0.3 is 5.32 Å². The minimum Gasteiger partial charge on any atom is -0.347 e. The number of carbonyl (C=O) groups is 1. The molecule has 0 unspecified atom stereocenters. The number of amides is 1. The molecule has 5 nitrogen and oxygen atoms in total. The monoisotopic (exact) mass is 318 g/mol. The third-order valence-electron chi connectivity index (χ3n) is 3.35. The molecular weight excluding hydrogens is 308 g/mol. The van der Waals surface area contributed by atoms with Gasteiger partial charge in [0.05, 0.1) is 17.3 Å². The summed E-state index contributed by atoms with van der Waals surface area (Å²) in [5.41, 5.74) is 1.88. The number of hydrogen-bond acceptors (Lipinski definition) is 5. The van der Waals surface area contributed by atoms with E-state index >= 15 is 0 Å². The molecule has 3 rings (SSSR count). The van der Waals surface area contributed by atoms with Crippen molar-refractivity contribution >= 4 is 29.0 Å². The summed E-state index contributed by atoms with van der Waals surface area (Å²) in [5.74, 6) is 0.162. The molecule has 1 aliphatic rings. The van der Waals surface area contributed by atoms with E-state index in [9.17, 15) is 4.79 Å². The number of halogens is 1. The van der Waals surface area contributed by atoms with Gasteiger partial charge in [0.1, 0.15) is 4.88 Å². The molecule has 1 amide bonds. The van der Waals surface area contributed by atoms with Crippen LogP contribution in [-0.4, -0.2) is 15.5 Å². The number of nitrogens with one attached hydrogen (secondary N) is 1. The van der Waals surface area contributed by atoms with Gasteiger partial charge in [-0.1, -0.05) is 22.2 Å². The van der Waals surface area contributed by atoms with Crippen LogP contribution in [0, 0.1) is 11.3 Å². The van der Waals surface area contributed by atoms with Crippen molar-refractivity contribution in [2.45, 2.75) is 25.3 Å². The van der Waals surface area contributed by atoms with Crippen molar-refractivity contribution in [3.05, 3.63) is 44.9 Å². The Hall–Kier alpha value is -1.97. The fourth-order valence-electron chi connectivity index (χ4n) is 2.07. The maximum absolute atomic E-state index is 12.2. The molecule has 0 saturated heterocycles. The number of hydrogen-bond donors (Lipinski definition) is 1. The second-order valence-electron chi connectivity index (χ2n) is 4.82. The summed E-state index contributed by atoms with van der Waals surface area (Å²) in [5, 5.41) is 16.4. The van der Waals surface area contributed by atoms with E-state index in [1.807, 2.05) is 0 Å². The van der Waals surface area contributed by atoms with Gasteiger partial charge >= 0.3 is 0 Å². The van der Waals surface area contributed by atoms with E-state index in [-0.39, 0.29) is 12.5 Å². The molecule has 1 N–H and O–H groups in total. The number of nitrogens with zero attached hydrogens (tertiary/aromatic N) is 3. The predicted octanol–water partition coefficient (Wildman–Crippen LogP) is 2.87. The molecule has 0 spiro atoms. The quantitative estimate of drug-likeness (QED) is 0.940. The predicted molar refractivity (Wildman–Crippen MR) is 79.2 cm³/mol. The molecule has 0 atom stereocenters. The van der Waals surface area contributed by atoms with Gasteiger partial charge in [-0.05, 0) is 36.5 Å². The zero-order valence-corrected chi connectivity index (χ0v) is 12.5. The Morgan fingerprint density at radius 3 is 3.05 bits per heavy atom.